The van der Waals surface area contributed by atoms with Gasteiger partial charge in [-0.1, -0.05) is 240 Å². The Kier molecular flexibility index (Phi) is 54.0. The van der Waals surface area contributed by atoms with E-state index >= 15 is 0 Å². The van der Waals surface area contributed by atoms with E-state index in [9.17, 15) is 19.0 Å². The SMILES string of the molecule is CC/C=C\C/C=C\C/C=C\C/C=C\C/C=C\CCCCCCCCCC(=O)NC(COP(=O)([O-])OCC[N+](C)(C)C)C(/C=C\CCCCCCCCCCC)OC(=O)CCCCCCCCC/C=C\C/C=C\CCCCC. The highest BCUT2D eigenvalue weighted by Crippen LogP contribution is 2.38. The Bertz CT molecular complexity index is 1640. The molecule has 0 saturated heterocycles. The van der Waals surface area contributed by atoms with Crippen molar-refractivity contribution in [3.63, 3.8) is 0 Å². The molecule has 0 aromatic heterocycles. The summed E-state index contributed by atoms with van der Waals surface area (Å²) in [5, 5.41) is 3.02. The van der Waals surface area contributed by atoms with Crippen molar-refractivity contribution in [2.24, 2.45) is 0 Å². The molecule has 0 bridgehead atoms. The predicted octanol–water partition coefficient (Wildman–Crippen LogP) is 18.9. The number of phosphoric ester groups is 1. The van der Waals surface area contributed by atoms with Gasteiger partial charge >= 0.3 is 5.97 Å². The first kappa shape index (κ1) is 73.9. The second-order valence-corrected chi connectivity index (χ2v) is 23.6. The van der Waals surface area contributed by atoms with Crippen molar-refractivity contribution in [1.82, 2.24) is 5.32 Å². The monoisotopic (exact) mass is 1090 g/mol. The van der Waals surface area contributed by atoms with Crippen molar-refractivity contribution in [2.75, 3.05) is 40.9 Å². The van der Waals surface area contributed by atoms with Crippen LogP contribution in [0.25, 0.3) is 0 Å². The number of carbonyl (C=O) groups is 2. The van der Waals surface area contributed by atoms with Gasteiger partial charge < -0.3 is 28.5 Å². The number of allylic oxidation sites excluding steroid dienone is 15. The van der Waals surface area contributed by atoms with Crippen molar-refractivity contribution < 1.29 is 37.3 Å². The van der Waals surface area contributed by atoms with Crippen molar-refractivity contribution in [3.05, 3.63) is 97.2 Å². The molecule has 0 fully saturated rings. The Morgan fingerprint density at radius 1 is 0.468 bits per heavy atom. The van der Waals surface area contributed by atoms with Crippen LogP contribution in [0.15, 0.2) is 97.2 Å². The third-order valence-corrected chi connectivity index (χ3v) is 14.5. The Labute approximate surface area is 475 Å². The quantitative estimate of drug-likeness (QED) is 0.0212. The second-order valence-electron chi connectivity index (χ2n) is 22.2. The van der Waals surface area contributed by atoms with Gasteiger partial charge in [0.15, 0.2) is 0 Å². The van der Waals surface area contributed by atoms with Crippen LogP contribution in [0.4, 0.5) is 0 Å². The number of carbonyl (C=O) groups excluding carboxylic acids is 2. The van der Waals surface area contributed by atoms with Crippen LogP contribution in [0, 0.1) is 0 Å². The number of hydrogen-bond donors (Lipinski definition) is 1. The van der Waals surface area contributed by atoms with Gasteiger partial charge in [-0.2, -0.15) is 0 Å². The molecule has 3 unspecified atom stereocenters. The fourth-order valence-electron chi connectivity index (χ4n) is 8.64. The molecule has 9 nitrogen and oxygen atoms in total. The molecule has 3 atom stereocenters. The fraction of sp³-hybridized carbons (Fsp3) is 0.731. The number of amides is 1. The molecule has 0 aromatic carbocycles. The van der Waals surface area contributed by atoms with Gasteiger partial charge in [0, 0.05) is 12.8 Å². The average molecular weight is 1100 g/mol. The number of quaternary nitrogens is 1. The van der Waals surface area contributed by atoms with E-state index in [1.54, 1.807) is 0 Å². The van der Waals surface area contributed by atoms with E-state index in [4.69, 9.17) is 13.8 Å². The Morgan fingerprint density at radius 2 is 0.831 bits per heavy atom. The number of phosphoric acid groups is 1. The maximum atomic E-state index is 13.5. The van der Waals surface area contributed by atoms with Gasteiger partial charge in [0.05, 0.1) is 33.8 Å². The molecule has 1 N–H and O–H groups in total. The third-order valence-electron chi connectivity index (χ3n) is 13.5. The van der Waals surface area contributed by atoms with E-state index in [-0.39, 0.29) is 24.9 Å². The van der Waals surface area contributed by atoms with E-state index in [1.807, 2.05) is 33.3 Å². The summed E-state index contributed by atoms with van der Waals surface area (Å²) < 4.78 is 30.3. The molecular formula is C67H119N2O7P. The number of likely N-dealkylation sites (N-methyl/N-ethyl adjacent to an activating group) is 1. The molecule has 0 aliphatic rings. The van der Waals surface area contributed by atoms with Crippen molar-refractivity contribution in [2.45, 2.75) is 277 Å². The van der Waals surface area contributed by atoms with Crippen LogP contribution in [0.1, 0.15) is 265 Å². The van der Waals surface area contributed by atoms with E-state index in [0.29, 0.717) is 17.4 Å². The molecule has 0 aromatic rings. The lowest BCUT2D eigenvalue weighted by atomic mass is 10.1. The van der Waals surface area contributed by atoms with Gasteiger partial charge in [-0.15, -0.1) is 0 Å². The van der Waals surface area contributed by atoms with Crippen molar-refractivity contribution >= 4 is 19.7 Å². The van der Waals surface area contributed by atoms with Crippen LogP contribution in [-0.2, 0) is 27.9 Å². The zero-order valence-corrected chi connectivity index (χ0v) is 51.5. The minimum Gasteiger partial charge on any atom is -0.756 e. The summed E-state index contributed by atoms with van der Waals surface area (Å²) in [5.41, 5.74) is 0. The smallest absolute Gasteiger partial charge is 0.306 e. The summed E-state index contributed by atoms with van der Waals surface area (Å²) in [5.74, 6) is -0.566. The first-order valence-electron chi connectivity index (χ1n) is 31.5. The molecule has 0 aliphatic heterocycles. The van der Waals surface area contributed by atoms with Crippen LogP contribution >= 0.6 is 7.82 Å². The molecule has 444 valence electrons. The summed E-state index contributed by atoms with van der Waals surface area (Å²) in [6, 6.07) is -0.903. The Balaban J connectivity index is 5.21. The molecular weight excluding hydrogens is 976 g/mol. The number of hydrogen-bond acceptors (Lipinski definition) is 7. The van der Waals surface area contributed by atoms with E-state index in [1.165, 1.54) is 109 Å². The number of esters is 1. The van der Waals surface area contributed by atoms with Crippen LogP contribution in [0.3, 0.4) is 0 Å². The van der Waals surface area contributed by atoms with Gasteiger partial charge in [0.2, 0.25) is 5.91 Å². The highest BCUT2D eigenvalue weighted by Gasteiger charge is 2.27. The highest BCUT2D eigenvalue weighted by atomic mass is 31.2. The van der Waals surface area contributed by atoms with Crippen LogP contribution in [0.5, 0.6) is 0 Å². The zero-order valence-electron chi connectivity index (χ0n) is 50.6. The third kappa shape index (κ3) is 57.4. The molecule has 77 heavy (non-hydrogen) atoms. The lowest BCUT2D eigenvalue weighted by Gasteiger charge is -2.30. The summed E-state index contributed by atoms with van der Waals surface area (Å²) in [7, 11) is 1.16. The van der Waals surface area contributed by atoms with E-state index in [0.717, 1.165) is 122 Å². The topological polar surface area (TPSA) is 114 Å². The first-order valence-corrected chi connectivity index (χ1v) is 33.0. The molecule has 0 aliphatic carbocycles. The zero-order chi connectivity index (χ0) is 56.4. The largest absolute Gasteiger partial charge is 0.756 e. The molecule has 0 heterocycles. The van der Waals surface area contributed by atoms with E-state index in [2.05, 4.69) is 111 Å². The molecule has 0 spiro atoms. The summed E-state index contributed by atoms with van der Waals surface area (Å²) in [4.78, 5) is 40.0. The first-order chi connectivity index (χ1) is 37.4. The number of unbranched alkanes of at least 4 members (excludes halogenated alkanes) is 26. The van der Waals surface area contributed by atoms with Crippen molar-refractivity contribution in [3.8, 4) is 0 Å². The van der Waals surface area contributed by atoms with Gasteiger partial charge in [-0.3, -0.25) is 14.2 Å². The maximum absolute atomic E-state index is 13.5. The fourth-order valence-corrected chi connectivity index (χ4v) is 9.36. The molecule has 0 radical (unpaired) electrons. The standard InChI is InChI=1S/C67H119N2O7P/c1-7-10-13-16-19-22-25-27-29-31-32-33-34-35-36-38-39-41-44-47-50-53-56-59-66(70)68-64(63-75-77(72,73)74-62-61-69(4,5)6)65(58-55-52-49-46-43-24-21-18-15-12-9-3)76-67(71)60-57-54-51-48-45-42-40-37-30-28-26-23-20-17-14-11-8-2/h10,13,19-20,22-23,27-30,32-33,35-36,55,58,64-65H,7-9,11-12,14-18,21,24-26,31,34,37-54,56-57,59-63H2,1-6H3,(H-,68,70,72,73)/b13-10-,22-19-,23-20-,29-27-,30-28-,33-32-,36-35-,58-55-. The lowest BCUT2D eigenvalue weighted by Crippen LogP contribution is -2.47. The highest BCUT2D eigenvalue weighted by molar-refractivity contribution is 7.45. The summed E-state index contributed by atoms with van der Waals surface area (Å²) in [6.45, 7) is 6.68. The minimum absolute atomic E-state index is 0.0304. The molecule has 0 rings (SSSR count). The number of ether oxygens (including phenoxy) is 1. The number of nitrogens with one attached hydrogen (secondary N) is 1. The van der Waals surface area contributed by atoms with Gasteiger partial charge in [0.25, 0.3) is 7.82 Å². The Hall–Kier alpha value is -3.07. The number of nitrogens with zero attached hydrogens (tertiary/aromatic N) is 1. The molecule has 1 amide bonds. The van der Waals surface area contributed by atoms with Gasteiger partial charge in [0.1, 0.15) is 19.3 Å². The van der Waals surface area contributed by atoms with Crippen molar-refractivity contribution in [1.29, 1.82) is 0 Å². The second kappa shape index (κ2) is 56.2. The minimum atomic E-state index is -4.71. The van der Waals surface area contributed by atoms with E-state index < -0.39 is 26.6 Å². The average Bonchev–Trinajstić information content (AvgIpc) is 3.39. The van der Waals surface area contributed by atoms with Crippen LogP contribution in [-0.4, -0.2) is 69.4 Å². The van der Waals surface area contributed by atoms with Gasteiger partial charge in [-0.25, -0.2) is 0 Å². The summed E-state index contributed by atoms with van der Waals surface area (Å²) >= 11 is 0. The van der Waals surface area contributed by atoms with Gasteiger partial charge in [-0.05, 0) is 109 Å². The molecule has 10 heteroatoms. The van der Waals surface area contributed by atoms with Crippen LogP contribution < -0.4 is 10.2 Å². The predicted molar refractivity (Wildman–Crippen MR) is 330 cm³/mol. The Morgan fingerprint density at radius 3 is 1.27 bits per heavy atom. The lowest BCUT2D eigenvalue weighted by molar-refractivity contribution is -0.870. The maximum Gasteiger partial charge on any atom is 0.306 e. The normalized spacial score (nSPS) is 14.3. The number of rotatable bonds is 56. The summed E-state index contributed by atoms with van der Waals surface area (Å²) in [6.07, 6.45) is 75.1. The molecule has 0 saturated carbocycles. The van der Waals surface area contributed by atoms with Crippen LogP contribution in [0.2, 0.25) is 0 Å².